The van der Waals surface area contributed by atoms with Crippen LogP contribution in [-0.4, -0.2) is 41.0 Å². The van der Waals surface area contributed by atoms with Gasteiger partial charge in [0, 0.05) is 30.0 Å². The second-order valence-corrected chi connectivity index (χ2v) is 5.27. The Bertz CT molecular complexity index is 221. The SMILES string of the molecule is CC(C)N(CC1NCCC1=S)C1CC1. The lowest BCUT2D eigenvalue weighted by Crippen LogP contribution is -2.44. The van der Waals surface area contributed by atoms with Gasteiger partial charge in [0.2, 0.25) is 0 Å². The summed E-state index contributed by atoms with van der Waals surface area (Å²) in [7, 11) is 0. The van der Waals surface area contributed by atoms with Gasteiger partial charge in [-0.15, -0.1) is 0 Å². The Kier molecular flexibility index (Phi) is 3.20. The van der Waals surface area contributed by atoms with Crippen molar-refractivity contribution in [1.29, 1.82) is 0 Å². The van der Waals surface area contributed by atoms with Crippen LogP contribution in [0.25, 0.3) is 0 Å². The normalized spacial score (nSPS) is 28.0. The van der Waals surface area contributed by atoms with E-state index in [4.69, 9.17) is 12.2 Å². The summed E-state index contributed by atoms with van der Waals surface area (Å²) in [4.78, 5) is 3.84. The van der Waals surface area contributed by atoms with E-state index >= 15 is 0 Å². The van der Waals surface area contributed by atoms with Crippen LogP contribution in [0.4, 0.5) is 0 Å². The van der Waals surface area contributed by atoms with Crippen LogP contribution in [0.3, 0.4) is 0 Å². The Labute approximate surface area is 92.0 Å². The molecule has 3 heteroatoms. The van der Waals surface area contributed by atoms with Gasteiger partial charge >= 0.3 is 0 Å². The average molecular weight is 212 g/mol. The molecule has 1 aliphatic heterocycles. The van der Waals surface area contributed by atoms with Gasteiger partial charge in [-0.1, -0.05) is 12.2 Å². The zero-order valence-electron chi connectivity index (χ0n) is 9.12. The van der Waals surface area contributed by atoms with Crippen LogP contribution in [-0.2, 0) is 0 Å². The predicted molar refractivity (Wildman–Crippen MR) is 63.9 cm³/mol. The molecule has 1 heterocycles. The quantitative estimate of drug-likeness (QED) is 0.713. The van der Waals surface area contributed by atoms with Crippen LogP contribution >= 0.6 is 12.2 Å². The monoisotopic (exact) mass is 212 g/mol. The molecule has 2 rings (SSSR count). The zero-order valence-corrected chi connectivity index (χ0v) is 9.94. The number of nitrogens with zero attached hydrogens (tertiary/aromatic N) is 1. The van der Waals surface area contributed by atoms with Crippen LogP contribution in [0.2, 0.25) is 0 Å². The highest BCUT2D eigenvalue weighted by Gasteiger charge is 2.33. The third-order valence-electron chi connectivity index (χ3n) is 3.22. The van der Waals surface area contributed by atoms with E-state index in [2.05, 4.69) is 24.1 Å². The fourth-order valence-electron chi connectivity index (χ4n) is 2.22. The highest BCUT2D eigenvalue weighted by atomic mass is 32.1. The first-order valence-electron chi connectivity index (χ1n) is 5.70. The van der Waals surface area contributed by atoms with Crippen molar-refractivity contribution in [3.8, 4) is 0 Å². The highest BCUT2D eigenvalue weighted by molar-refractivity contribution is 7.80. The maximum Gasteiger partial charge on any atom is 0.0514 e. The minimum Gasteiger partial charge on any atom is -0.308 e. The van der Waals surface area contributed by atoms with Crippen molar-refractivity contribution in [2.75, 3.05) is 13.1 Å². The second-order valence-electron chi connectivity index (χ2n) is 4.74. The second kappa shape index (κ2) is 4.25. The molecule has 0 bridgehead atoms. The maximum absolute atomic E-state index is 5.36. The molecule has 1 atom stereocenters. The van der Waals surface area contributed by atoms with E-state index in [9.17, 15) is 0 Å². The lowest BCUT2D eigenvalue weighted by atomic mass is 10.2. The lowest BCUT2D eigenvalue weighted by molar-refractivity contribution is 0.205. The van der Waals surface area contributed by atoms with Crippen molar-refractivity contribution in [3.05, 3.63) is 0 Å². The minimum atomic E-state index is 0.480. The summed E-state index contributed by atoms with van der Waals surface area (Å²) in [5.74, 6) is 0. The number of nitrogens with one attached hydrogen (secondary N) is 1. The fourth-order valence-corrected chi connectivity index (χ4v) is 2.48. The van der Waals surface area contributed by atoms with E-state index in [0.717, 1.165) is 25.6 Å². The van der Waals surface area contributed by atoms with Crippen molar-refractivity contribution in [3.63, 3.8) is 0 Å². The van der Waals surface area contributed by atoms with Gasteiger partial charge in [0.1, 0.15) is 0 Å². The van der Waals surface area contributed by atoms with E-state index in [0.29, 0.717) is 12.1 Å². The summed E-state index contributed by atoms with van der Waals surface area (Å²) in [5, 5.41) is 3.49. The molecule has 80 valence electrons. The molecular formula is C11H20N2S. The van der Waals surface area contributed by atoms with Crippen LogP contribution in [0.5, 0.6) is 0 Å². The van der Waals surface area contributed by atoms with E-state index < -0.39 is 0 Å². The molecule has 1 saturated heterocycles. The summed E-state index contributed by atoms with van der Waals surface area (Å²) in [6, 6.07) is 1.99. The molecule has 0 aromatic heterocycles. The first kappa shape index (κ1) is 10.5. The van der Waals surface area contributed by atoms with Gasteiger partial charge < -0.3 is 5.32 Å². The molecule has 14 heavy (non-hydrogen) atoms. The number of rotatable bonds is 4. The van der Waals surface area contributed by atoms with Crippen molar-refractivity contribution < 1.29 is 0 Å². The van der Waals surface area contributed by atoms with Crippen LogP contribution in [0.1, 0.15) is 33.1 Å². The van der Waals surface area contributed by atoms with Crippen LogP contribution in [0, 0.1) is 0 Å². The third kappa shape index (κ3) is 2.33. The van der Waals surface area contributed by atoms with E-state index in [1.54, 1.807) is 0 Å². The Hall–Kier alpha value is 0.01000. The highest BCUT2D eigenvalue weighted by Crippen LogP contribution is 2.29. The first-order chi connectivity index (χ1) is 6.68. The Morgan fingerprint density at radius 2 is 2.21 bits per heavy atom. The van der Waals surface area contributed by atoms with Crippen molar-refractivity contribution >= 4 is 17.1 Å². The molecule has 0 aromatic carbocycles. The standard InChI is InChI=1S/C11H20N2S/c1-8(2)13(9-3-4-9)7-10-11(14)5-6-12-10/h8-10,12H,3-7H2,1-2H3. The largest absolute Gasteiger partial charge is 0.308 e. The van der Waals surface area contributed by atoms with Gasteiger partial charge in [0.05, 0.1) is 6.04 Å². The van der Waals surface area contributed by atoms with Crippen molar-refractivity contribution in [2.24, 2.45) is 0 Å². The van der Waals surface area contributed by atoms with E-state index in [-0.39, 0.29) is 0 Å². The molecule has 1 unspecified atom stereocenters. The number of thiocarbonyl (C=S) groups is 1. The predicted octanol–water partition coefficient (Wildman–Crippen LogP) is 1.59. The third-order valence-corrected chi connectivity index (χ3v) is 3.71. The summed E-state index contributed by atoms with van der Waals surface area (Å²) in [6.45, 7) is 6.79. The topological polar surface area (TPSA) is 15.3 Å². The van der Waals surface area contributed by atoms with Gasteiger partial charge in [0.15, 0.2) is 0 Å². The van der Waals surface area contributed by atoms with Crippen molar-refractivity contribution in [2.45, 2.75) is 51.2 Å². The molecular weight excluding hydrogens is 192 g/mol. The minimum absolute atomic E-state index is 0.480. The maximum atomic E-state index is 5.36. The van der Waals surface area contributed by atoms with Gasteiger partial charge in [-0.25, -0.2) is 0 Å². The summed E-state index contributed by atoms with van der Waals surface area (Å²) in [5.41, 5.74) is 0. The number of hydrogen-bond donors (Lipinski definition) is 1. The molecule has 1 N–H and O–H groups in total. The van der Waals surface area contributed by atoms with E-state index in [1.807, 2.05) is 0 Å². The molecule has 0 spiro atoms. The molecule has 0 amide bonds. The molecule has 2 nitrogen and oxygen atoms in total. The average Bonchev–Trinajstić information content (AvgIpc) is 2.87. The smallest absolute Gasteiger partial charge is 0.0514 e. The molecule has 0 radical (unpaired) electrons. The van der Waals surface area contributed by atoms with Gasteiger partial charge in [-0.2, -0.15) is 0 Å². The van der Waals surface area contributed by atoms with Gasteiger partial charge in [-0.3, -0.25) is 4.90 Å². The molecule has 2 fully saturated rings. The molecule has 2 aliphatic rings. The van der Waals surface area contributed by atoms with Crippen LogP contribution < -0.4 is 5.32 Å². The number of hydrogen-bond acceptors (Lipinski definition) is 3. The van der Waals surface area contributed by atoms with Crippen LogP contribution in [0.15, 0.2) is 0 Å². The molecule has 1 saturated carbocycles. The van der Waals surface area contributed by atoms with Gasteiger partial charge in [-0.05, 0) is 33.1 Å². The van der Waals surface area contributed by atoms with Crippen molar-refractivity contribution in [1.82, 2.24) is 10.2 Å². The first-order valence-corrected chi connectivity index (χ1v) is 6.11. The Morgan fingerprint density at radius 1 is 1.50 bits per heavy atom. The zero-order chi connectivity index (χ0) is 10.1. The molecule has 0 aromatic rings. The summed E-state index contributed by atoms with van der Waals surface area (Å²) in [6.07, 6.45) is 3.87. The fraction of sp³-hybridized carbons (Fsp3) is 0.909. The molecule has 1 aliphatic carbocycles. The summed E-state index contributed by atoms with van der Waals surface area (Å²) < 4.78 is 0. The van der Waals surface area contributed by atoms with E-state index in [1.165, 1.54) is 17.7 Å². The summed E-state index contributed by atoms with van der Waals surface area (Å²) >= 11 is 5.36. The van der Waals surface area contributed by atoms with Gasteiger partial charge in [0.25, 0.3) is 0 Å². The Balaban J connectivity index is 1.89. The Morgan fingerprint density at radius 3 is 2.64 bits per heavy atom. The lowest BCUT2D eigenvalue weighted by Gasteiger charge is -2.29.